The average Bonchev–Trinajstić information content (AvgIpc) is 3.25. The molecule has 2 bridgehead atoms. The fraction of sp³-hybridized carbons (Fsp3) is 0.375. The molecule has 1 aromatic rings. The Morgan fingerprint density at radius 2 is 2.16 bits per heavy atom. The van der Waals surface area contributed by atoms with Crippen LogP contribution in [0.4, 0.5) is 11.4 Å². The third-order valence-electron chi connectivity index (χ3n) is 5.02. The molecule has 0 aromatic heterocycles. The predicted octanol–water partition coefficient (Wildman–Crippen LogP) is 0.409. The highest BCUT2D eigenvalue weighted by atomic mass is 16.6. The first-order chi connectivity index (χ1) is 11.9. The molecule has 4 rings (SSSR count). The molecule has 2 saturated heterocycles. The van der Waals surface area contributed by atoms with Gasteiger partial charge < -0.3 is 14.6 Å². The molecular formula is C16H14N2O7. The van der Waals surface area contributed by atoms with E-state index in [1.54, 1.807) is 12.2 Å². The Kier molecular flexibility index (Phi) is 3.21. The summed E-state index contributed by atoms with van der Waals surface area (Å²) in [5, 5.41) is 21.1. The first-order valence-corrected chi connectivity index (χ1v) is 7.62. The smallest absolute Gasteiger partial charge is 0.297 e. The topological polar surface area (TPSA) is 119 Å². The number of amides is 2. The number of fused-ring (bicyclic) bond motifs is 5. The van der Waals surface area contributed by atoms with Crippen molar-refractivity contribution in [2.24, 2.45) is 11.8 Å². The molecule has 130 valence electrons. The second-order valence-electron chi connectivity index (χ2n) is 6.18. The van der Waals surface area contributed by atoms with Crippen molar-refractivity contribution in [3.63, 3.8) is 0 Å². The highest BCUT2D eigenvalue weighted by Gasteiger charge is 2.68. The van der Waals surface area contributed by atoms with Crippen LogP contribution < -0.4 is 9.64 Å². The molecule has 0 spiro atoms. The normalized spacial score (nSPS) is 32.4. The summed E-state index contributed by atoms with van der Waals surface area (Å²) < 4.78 is 10.6. The number of anilines is 1. The fourth-order valence-corrected chi connectivity index (χ4v) is 3.89. The van der Waals surface area contributed by atoms with E-state index in [0.717, 1.165) is 11.0 Å². The molecule has 2 fully saturated rings. The first kappa shape index (κ1) is 15.7. The van der Waals surface area contributed by atoms with Crippen molar-refractivity contribution >= 4 is 23.2 Å². The van der Waals surface area contributed by atoms with Crippen LogP contribution in [0.15, 0.2) is 30.4 Å². The highest BCUT2D eigenvalue weighted by Crippen LogP contribution is 2.53. The number of imide groups is 1. The summed E-state index contributed by atoms with van der Waals surface area (Å²) >= 11 is 0. The van der Waals surface area contributed by atoms with Gasteiger partial charge in [-0.05, 0) is 12.1 Å². The van der Waals surface area contributed by atoms with Crippen LogP contribution in [0.2, 0.25) is 0 Å². The number of carbonyl (C=O) groups is 2. The fourth-order valence-electron chi connectivity index (χ4n) is 3.89. The third-order valence-corrected chi connectivity index (χ3v) is 5.02. The standard InChI is InChI=1S/C16H14N2O7/c1-24-8-2-3-9(10(6-8)18(22)23)17-14(20)12-11-4-5-16(7-19,25-11)13(12)15(17)21/h2-6,11-13,19H,7H2,1H3/t11-,12+,13+,16-/m1/s1. The second-order valence-corrected chi connectivity index (χ2v) is 6.18. The molecule has 9 heteroatoms. The minimum absolute atomic E-state index is 0.109. The molecule has 2 amide bonds. The molecule has 0 saturated carbocycles. The third kappa shape index (κ3) is 1.90. The number of rotatable bonds is 4. The van der Waals surface area contributed by atoms with Crippen LogP contribution >= 0.6 is 0 Å². The van der Waals surface area contributed by atoms with Crippen LogP contribution in [0.25, 0.3) is 0 Å². The van der Waals surface area contributed by atoms with Gasteiger partial charge in [0.15, 0.2) is 0 Å². The summed E-state index contributed by atoms with van der Waals surface area (Å²) in [5.74, 6) is -2.60. The molecular weight excluding hydrogens is 332 g/mol. The predicted molar refractivity (Wildman–Crippen MR) is 83.0 cm³/mol. The Bertz CT molecular complexity index is 836. The number of nitrogens with zero attached hydrogens (tertiary/aromatic N) is 2. The Morgan fingerprint density at radius 3 is 2.80 bits per heavy atom. The number of benzene rings is 1. The number of aliphatic hydroxyl groups excluding tert-OH is 1. The number of nitro groups is 1. The number of ether oxygens (including phenoxy) is 2. The number of hydrogen-bond acceptors (Lipinski definition) is 7. The monoisotopic (exact) mass is 346 g/mol. The van der Waals surface area contributed by atoms with Crippen LogP contribution in [0.5, 0.6) is 5.75 Å². The van der Waals surface area contributed by atoms with Gasteiger partial charge in [0.25, 0.3) is 5.69 Å². The van der Waals surface area contributed by atoms with Crippen LogP contribution in [-0.4, -0.2) is 47.3 Å². The van der Waals surface area contributed by atoms with Gasteiger partial charge in [0.1, 0.15) is 17.0 Å². The zero-order chi connectivity index (χ0) is 17.9. The van der Waals surface area contributed by atoms with Gasteiger partial charge in [-0.25, -0.2) is 4.90 Å². The summed E-state index contributed by atoms with van der Waals surface area (Å²) in [6.45, 7) is -0.446. The maximum Gasteiger partial charge on any atom is 0.297 e. The van der Waals surface area contributed by atoms with Gasteiger partial charge >= 0.3 is 0 Å². The van der Waals surface area contributed by atoms with Crippen molar-refractivity contribution in [2.45, 2.75) is 11.7 Å². The lowest BCUT2D eigenvalue weighted by Crippen LogP contribution is -2.43. The summed E-state index contributed by atoms with van der Waals surface area (Å²) in [5.41, 5.74) is -1.75. The molecule has 0 aliphatic carbocycles. The van der Waals surface area contributed by atoms with Crippen molar-refractivity contribution in [1.29, 1.82) is 0 Å². The van der Waals surface area contributed by atoms with E-state index in [0.29, 0.717) is 0 Å². The summed E-state index contributed by atoms with van der Waals surface area (Å²) in [6, 6.07) is 3.92. The molecule has 1 aromatic carbocycles. The van der Waals surface area contributed by atoms with E-state index in [1.807, 2.05) is 0 Å². The molecule has 3 aliphatic rings. The van der Waals surface area contributed by atoms with Gasteiger partial charge in [0, 0.05) is 0 Å². The minimum Gasteiger partial charge on any atom is -0.496 e. The van der Waals surface area contributed by atoms with Crippen LogP contribution in [0, 0.1) is 22.0 Å². The van der Waals surface area contributed by atoms with E-state index in [2.05, 4.69) is 0 Å². The largest absolute Gasteiger partial charge is 0.496 e. The average molecular weight is 346 g/mol. The maximum absolute atomic E-state index is 12.9. The maximum atomic E-state index is 12.9. The first-order valence-electron chi connectivity index (χ1n) is 7.62. The van der Waals surface area contributed by atoms with Gasteiger partial charge in [0.2, 0.25) is 11.8 Å². The lowest BCUT2D eigenvalue weighted by Gasteiger charge is -2.26. The zero-order valence-electron chi connectivity index (χ0n) is 13.1. The van der Waals surface area contributed by atoms with Crippen LogP contribution in [-0.2, 0) is 14.3 Å². The molecule has 0 radical (unpaired) electrons. The van der Waals surface area contributed by atoms with Gasteiger partial charge in [0.05, 0.1) is 42.6 Å². The Balaban J connectivity index is 1.80. The summed E-state index contributed by atoms with van der Waals surface area (Å²) in [7, 11) is 1.36. The summed E-state index contributed by atoms with van der Waals surface area (Å²) in [6.07, 6.45) is 2.63. The zero-order valence-corrected chi connectivity index (χ0v) is 13.1. The van der Waals surface area contributed by atoms with E-state index in [-0.39, 0.29) is 11.4 Å². The molecule has 25 heavy (non-hydrogen) atoms. The summed E-state index contributed by atoms with van der Waals surface area (Å²) in [4.78, 5) is 37.3. The second kappa shape index (κ2) is 5.11. The molecule has 3 heterocycles. The molecule has 0 unspecified atom stereocenters. The van der Waals surface area contributed by atoms with Gasteiger partial charge in [-0.1, -0.05) is 12.2 Å². The number of aliphatic hydroxyl groups is 1. The molecule has 3 aliphatic heterocycles. The Labute approximate surface area is 141 Å². The van der Waals surface area contributed by atoms with Crippen molar-refractivity contribution in [1.82, 2.24) is 0 Å². The number of carbonyl (C=O) groups excluding carboxylic acids is 2. The van der Waals surface area contributed by atoms with Crippen LogP contribution in [0.1, 0.15) is 0 Å². The lowest BCUT2D eigenvalue weighted by atomic mass is 9.77. The van der Waals surface area contributed by atoms with E-state index in [9.17, 15) is 24.8 Å². The lowest BCUT2D eigenvalue weighted by molar-refractivity contribution is -0.384. The van der Waals surface area contributed by atoms with Crippen molar-refractivity contribution in [2.75, 3.05) is 18.6 Å². The Hall–Kier alpha value is -2.78. The molecule has 1 N–H and O–H groups in total. The Morgan fingerprint density at radius 1 is 1.40 bits per heavy atom. The highest BCUT2D eigenvalue weighted by molar-refractivity contribution is 6.24. The quantitative estimate of drug-likeness (QED) is 0.363. The molecule has 9 nitrogen and oxygen atoms in total. The van der Waals surface area contributed by atoms with E-state index in [1.165, 1.54) is 19.2 Å². The number of nitro benzene ring substituents is 1. The van der Waals surface area contributed by atoms with Crippen molar-refractivity contribution in [3.8, 4) is 5.75 Å². The van der Waals surface area contributed by atoms with E-state index < -0.39 is 52.6 Å². The number of methoxy groups -OCH3 is 1. The van der Waals surface area contributed by atoms with Crippen molar-refractivity contribution < 1.29 is 29.1 Å². The van der Waals surface area contributed by atoms with Gasteiger partial charge in [-0.3, -0.25) is 19.7 Å². The molecule has 4 atom stereocenters. The number of hydrogen-bond donors (Lipinski definition) is 1. The minimum atomic E-state index is -1.24. The van der Waals surface area contributed by atoms with Gasteiger partial charge in [-0.2, -0.15) is 0 Å². The van der Waals surface area contributed by atoms with E-state index >= 15 is 0 Å². The SMILES string of the molecule is COc1ccc(N2C(=O)[C@@H]3[C@@H](C2=O)[C@]2(CO)C=C[C@H]3O2)c([N+](=O)[O-])c1. The van der Waals surface area contributed by atoms with E-state index in [4.69, 9.17) is 9.47 Å². The van der Waals surface area contributed by atoms with Crippen LogP contribution in [0.3, 0.4) is 0 Å². The van der Waals surface area contributed by atoms with Crippen molar-refractivity contribution in [3.05, 3.63) is 40.5 Å². The van der Waals surface area contributed by atoms with Gasteiger partial charge in [-0.15, -0.1) is 0 Å².